The van der Waals surface area contributed by atoms with Crippen molar-refractivity contribution in [3.63, 3.8) is 0 Å². The first-order chi connectivity index (χ1) is 25.1. The van der Waals surface area contributed by atoms with E-state index in [2.05, 4.69) is 30.9 Å². The quantitative estimate of drug-likeness (QED) is 0.0497. The maximum absolute atomic E-state index is 13.1. The Kier molecular flexibility index (Phi) is 34.6. The topological polar surface area (TPSA) is 87.6 Å². The number of amides is 1. The fraction of sp³-hybridized carbons (Fsp3) is 0.955. The number of nitrogens with zero attached hydrogens (tertiary/aromatic N) is 1. The summed E-state index contributed by atoms with van der Waals surface area (Å²) in [4.78, 5) is 17.3. The molecule has 8 nitrogen and oxygen atoms in total. The molecule has 1 N–H and O–H groups in total. The molecule has 3 unspecified atom stereocenters. The smallest absolute Gasteiger partial charge is 0.407 e. The number of nitrogens with one attached hydrogen (secondary N) is 1. The van der Waals surface area contributed by atoms with E-state index in [1.807, 2.05) is 27.7 Å². The van der Waals surface area contributed by atoms with Crippen LogP contribution < -0.4 is 5.32 Å². The van der Waals surface area contributed by atoms with Crippen LogP contribution in [0.4, 0.5) is 4.79 Å². The van der Waals surface area contributed by atoms with E-state index < -0.39 is 17.3 Å². The van der Waals surface area contributed by atoms with Gasteiger partial charge in [-0.25, -0.2) is 4.79 Å². The Bertz CT molecular complexity index is 797. The van der Waals surface area contributed by atoms with Crippen LogP contribution in [0.1, 0.15) is 202 Å². The van der Waals surface area contributed by atoms with Gasteiger partial charge >= 0.3 is 6.09 Å². The zero-order valence-electron chi connectivity index (χ0n) is 35.7. The first kappa shape index (κ1) is 50.8. The zero-order chi connectivity index (χ0) is 38.6. The fourth-order valence-corrected chi connectivity index (χ4v) is 6.25. The fourth-order valence-electron chi connectivity index (χ4n) is 6.25. The lowest BCUT2D eigenvalue weighted by molar-refractivity contribution is -0.115. The highest BCUT2D eigenvalue weighted by Gasteiger charge is 2.37. The molecule has 0 radical (unpaired) electrons. The Morgan fingerprint density at radius 1 is 0.673 bits per heavy atom. The van der Waals surface area contributed by atoms with Crippen LogP contribution in [0.3, 0.4) is 0 Å². The molecule has 0 spiro atoms. The van der Waals surface area contributed by atoms with E-state index in [-0.39, 0.29) is 18.8 Å². The van der Waals surface area contributed by atoms with E-state index in [4.69, 9.17) is 23.7 Å². The molecule has 0 aliphatic rings. The average Bonchev–Trinajstić information content (AvgIpc) is 3.13. The van der Waals surface area contributed by atoms with Gasteiger partial charge in [-0.1, -0.05) is 155 Å². The number of rotatable bonds is 40. The van der Waals surface area contributed by atoms with Gasteiger partial charge in [0.1, 0.15) is 0 Å². The molecule has 0 aromatic rings. The Balaban J connectivity index is 4.67. The van der Waals surface area contributed by atoms with Crippen LogP contribution in [0.25, 0.3) is 0 Å². The van der Waals surface area contributed by atoms with Crippen LogP contribution >= 0.6 is 0 Å². The van der Waals surface area contributed by atoms with Crippen LogP contribution in [-0.4, -0.2) is 82.8 Å². The number of hydrogen-bond donors (Lipinski definition) is 1. The largest absolute Gasteiger partial charge is 0.438 e. The lowest BCUT2D eigenvalue weighted by Crippen LogP contribution is -2.50. The van der Waals surface area contributed by atoms with Crippen molar-refractivity contribution >= 4 is 12.8 Å². The zero-order valence-corrected chi connectivity index (χ0v) is 35.7. The molecular formula is C44H88N2O6. The molecule has 0 fully saturated rings. The second kappa shape index (κ2) is 35.5. The molecule has 0 aromatic heterocycles. The Hall–Kier alpha value is -1.22. The molecule has 0 saturated carbocycles. The van der Waals surface area contributed by atoms with Crippen molar-refractivity contribution in [1.82, 2.24) is 5.32 Å². The Morgan fingerprint density at radius 2 is 1.12 bits per heavy atom. The van der Waals surface area contributed by atoms with Crippen molar-refractivity contribution in [2.24, 2.45) is 4.99 Å². The summed E-state index contributed by atoms with van der Waals surface area (Å²) in [6, 6.07) is -0.354. The number of aliphatic imine (C=N–C) groups is 1. The van der Waals surface area contributed by atoms with Crippen LogP contribution in [0.15, 0.2) is 4.99 Å². The van der Waals surface area contributed by atoms with Gasteiger partial charge in [0, 0.05) is 33.5 Å². The van der Waals surface area contributed by atoms with Gasteiger partial charge in [0.2, 0.25) is 0 Å². The second-order valence-corrected chi connectivity index (χ2v) is 16.1. The monoisotopic (exact) mass is 741 g/mol. The van der Waals surface area contributed by atoms with Crippen molar-refractivity contribution in [3.05, 3.63) is 0 Å². The second-order valence-electron chi connectivity index (χ2n) is 16.1. The summed E-state index contributed by atoms with van der Waals surface area (Å²) in [6.07, 6.45) is 31.6. The van der Waals surface area contributed by atoms with E-state index in [0.717, 1.165) is 25.9 Å². The highest BCUT2D eigenvalue weighted by molar-refractivity contribution is 5.67. The van der Waals surface area contributed by atoms with Crippen LogP contribution in [0.2, 0.25) is 0 Å². The molecule has 0 bridgehead atoms. The highest BCUT2D eigenvalue weighted by Crippen LogP contribution is 2.24. The molecule has 310 valence electrons. The van der Waals surface area contributed by atoms with Crippen molar-refractivity contribution in [3.8, 4) is 0 Å². The maximum atomic E-state index is 13.1. The summed E-state index contributed by atoms with van der Waals surface area (Å²) < 4.78 is 29.7. The van der Waals surface area contributed by atoms with E-state index in [9.17, 15) is 4.79 Å². The molecule has 0 aliphatic carbocycles. The third kappa shape index (κ3) is 31.2. The number of alkyl carbamates (subject to hydrolysis) is 1. The first-order valence-corrected chi connectivity index (χ1v) is 21.9. The molecule has 8 heteroatoms. The van der Waals surface area contributed by atoms with Gasteiger partial charge in [0.15, 0.2) is 5.60 Å². The number of hydrogen-bond acceptors (Lipinski definition) is 7. The predicted molar refractivity (Wildman–Crippen MR) is 221 cm³/mol. The standard InChI is InChI=1S/C44H88N2O6/c1-9-11-13-15-17-19-21-23-25-27-29-31-34-49-38-41(50-35-32-30-28-26-24-22-20-18-16-14-12-10-2)37-46-42(47)52-44(6,40(3)45-7)39-51-43(4,5)33-36-48-8/h40-41H,7,9-39H2,1-6,8H3,(H,46,47). The van der Waals surface area contributed by atoms with Crippen LogP contribution in [-0.2, 0) is 23.7 Å². The number of methoxy groups -OCH3 is 1. The van der Waals surface area contributed by atoms with Gasteiger partial charge in [-0.15, -0.1) is 0 Å². The van der Waals surface area contributed by atoms with Gasteiger partial charge in [0.05, 0.1) is 31.0 Å². The minimum atomic E-state index is -0.979. The number of ether oxygens (including phenoxy) is 5. The SMILES string of the molecule is C=NC(C)C(C)(COC(C)(C)CCOC)OC(=O)NCC(COCCCCCCCCCCCCCC)OCCCCCCCCCCCCCC. The summed E-state index contributed by atoms with van der Waals surface area (Å²) in [6.45, 7) is 18.9. The summed E-state index contributed by atoms with van der Waals surface area (Å²) >= 11 is 0. The van der Waals surface area contributed by atoms with Crippen molar-refractivity contribution in [1.29, 1.82) is 0 Å². The molecule has 3 atom stereocenters. The lowest BCUT2D eigenvalue weighted by Gasteiger charge is -2.36. The summed E-state index contributed by atoms with van der Waals surface area (Å²) in [5.41, 5.74) is -1.41. The third-order valence-corrected chi connectivity index (χ3v) is 10.4. The molecular weight excluding hydrogens is 652 g/mol. The summed E-state index contributed by atoms with van der Waals surface area (Å²) in [7, 11) is 1.68. The van der Waals surface area contributed by atoms with Crippen LogP contribution in [0, 0.1) is 0 Å². The van der Waals surface area contributed by atoms with E-state index in [1.54, 1.807) is 7.11 Å². The average molecular weight is 741 g/mol. The summed E-state index contributed by atoms with van der Waals surface area (Å²) in [5, 5.41) is 2.94. The Labute approximate surface area is 323 Å². The first-order valence-electron chi connectivity index (χ1n) is 21.9. The van der Waals surface area contributed by atoms with Crippen molar-refractivity contribution in [2.45, 2.75) is 225 Å². The lowest BCUT2D eigenvalue weighted by atomic mass is 9.98. The van der Waals surface area contributed by atoms with E-state index in [1.165, 1.54) is 141 Å². The number of carbonyl (C=O) groups is 1. The van der Waals surface area contributed by atoms with Gasteiger partial charge in [-0.3, -0.25) is 4.99 Å². The van der Waals surface area contributed by atoms with Gasteiger partial charge in [-0.2, -0.15) is 0 Å². The minimum Gasteiger partial charge on any atom is -0.438 e. The van der Waals surface area contributed by atoms with Crippen molar-refractivity contribution in [2.75, 3.05) is 46.7 Å². The Morgan fingerprint density at radius 3 is 1.56 bits per heavy atom. The minimum absolute atomic E-state index is 0.193. The molecule has 52 heavy (non-hydrogen) atoms. The van der Waals surface area contributed by atoms with Crippen LogP contribution in [0.5, 0.6) is 0 Å². The van der Waals surface area contributed by atoms with Gasteiger partial charge < -0.3 is 29.0 Å². The highest BCUT2D eigenvalue weighted by atomic mass is 16.6. The molecule has 1 amide bonds. The van der Waals surface area contributed by atoms with E-state index in [0.29, 0.717) is 26.4 Å². The molecule has 0 aromatic carbocycles. The van der Waals surface area contributed by atoms with Gasteiger partial charge in [-0.05, 0) is 53.7 Å². The van der Waals surface area contributed by atoms with Gasteiger partial charge in [0.25, 0.3) is 0 Å². The van der Waals surface area contributed by atoms with E-state index >= 15 is 0 Å². The van der Waals surface area contributed by atoms with Crippen molar-refractivity contribution < 1.29 is 28.5 Å². The summed E-state index contributed by atoms with van der Waals surface area (Å²) in [5.74, 6) is 0. The molecule has 0 rings (SSSR count). The predicted octanol–water partition coefficient (Wildman–Crippen LogP) is 12.2. The third-order valence-electron chi connectivity index (χ3n) is 10.4. The number of carbonyl (C=O) groups excluding carboxylic acids is 1. The molecule has 0 saturated heterocycles. The maximum Gasteiger partial charge on any atom is 0.407 e. The normalized spacial score (nSPS) is 14.2. The molecule has 0 aliphatic heterocycles. The molecule has 0 heterocycles. The number of unbranched alkanes of at least 4 members (excludes halogenated alkanes) is 22.